The van der Waals surface area contributed by atoms with Gasteiger partial charge in [-0.2, -0.15) is 0 Å². The molecule has 2 N–H and O–H groups in total. The zero-order valence-electron chi connectivity index (χ0n) is 11.1. The van der Waals surface area contributed by atoms with E-state index in [0.29, 0.717) is 5.92 Å². The van der Waals surface area contributed by atoms with E-state index in [1.165, 1.54) is 22.0 Å². The van der Waals surface area contributed by atoms with Gasteiger partial charge in [0.15, 0.2) is 0 Å². The highest BCUT2D eigenvalue weighted by Crippen LogP contribution is 2.26. The van der Waals surface area contributed by atoms with Gasteiger partial charge in [-0.1, -0.05) is 36.4 Å². The van der Waals surface area contributed by atoms with Crippen molar-refractivity contribution >= 4 is 10.9 Å². The van der Waals surface area contributed by atoms with Gasteiger partial charge in [-0.05, 0) is 41.8 Å². The summed E-state index contributed by atoms with van der Waals surface area (Å²) >= 11 is 0. The first kappa shape index (κ1) is 12.0. The van der Waals surface area contributed by atoms with Crippen LogP contribution >= 0.6 is 0 Å². The minimum Gasteiger partial charge on any atom is -0.361 e. The molecule has 2 nitrogen and oxygen atoms in total. The second-order valence-corrected chi connectivity index (χ2v) is 4.85. The van der Waals surface area contributed by atoms with E-state index in [4.69, 9.17) is 0 Å². The molecule has 2 heteroatoms. The minimum atomic E-state index is 0.394. The number of nitrogens with one attached hydrogen (secondary N) is 2. The maximum atomic E-state index is 3.30. The Bertz CT molecular complexity index is 655. The molecule has 0 spiro atoms. The molecule has 0 aliphatic rings. The SMILES string of the molecule is CNC[C@@H](c1ccccc1)c1ccc2[nH]ccc2c1. The van der Waals surface area contributed by atoms with Crippen LogP contribution in [0.2, 0.25) is 0 Å². The average Bonchev–Trinajstić information content (AvgIpc) is 2.93. The lowest BCUT2D eigenvalue weighted by atomic mass is 9.90. The van der Waals surface area contributed by atoms with Gasteiger partial charge in [0.1, 0.15) is 0 Å². The Morgan fingerprint density at radius 2 is 1.84 bits per heavy atom. The smallest absolute Gasteiger partial charge is 0.0454 e. The number of H-pyrrole nitrogens is 1. The molecular formula is C17H18N2. The third-order valence-corrected chi connectivity index (χ3v) is 3.59. The van der Waals surface area contributed by atoms with Crippen molar-refractivity contribution in [1.82, 2.24) is 10.3 Å². The Morgan fingerprint density at radius 1 is 1.00 bits per heavy atom. The molecule has 0 fully saturated rings. The van der Waals surface area contributed by atoms with Crippen LogP contribution < -0.4 is 5.32 Å². The van der Waals surface area contributed by atoms with E-state index >= 15 is 0 Å². The summed E-state index contributed by atoms with van der Waals surface area (Å²) in [5, 5.41) is 4.57. The van der Waals surface area contributed by atoms with Crippen LogP contribution in [0.25, 0.3) is 10.9 Å². The van der Waals surface area contributed by atoms with Crippen molar-refractivity contribution in [2.45, 2.75) is 5.92 Å². The third kappa shape index (κ3) is 2.40. The number of hydrogen-bond acceptors (Lipinski definition) is 1. The van der Waals surface area contributed by atoms with Gasteiger partial charge in [-0.15, -0.1) is 0 Å². The monoisotopic (exact) mass is 250 g/mol. The maximum Gasteiger partial charge on any atom is 0.0454 e. The van der Waals surface area contributed by atoms with Crippen LogP contribution in [0.1, 0.15) is 17.0 Å². The average molecular weight is 250 g/mol. The van der Waals surface area contributed by atoms with Gasteiger partial charge in [0.2, 0.25) is 0 Å². The molecule has 1 aromatic heterocycles. The largest absolute Gasteiger partial charge is 0.361 e. The molecule has 0 unspecified atom stereocenters. The fourth-order valence-electron chi connectivity index (χ4n) is 2.61. The van der Waals surface area contributed by atoms with E-state index in [2.05, 4.69) is 64.9 Å². The quantitative estimate of drug-likeness (QED) is 0.728. The Morgan fingerprint density at radius 3 is 2.63 bits per heavy atom. The predicted molar refractivity (Wildman–Crippen MR) is 80.5 cm³/mol. The van der Waals surface area contributed by atoms with Crippen molar-refractivity contribution in [3.8, 4) is 0 Å². The summed E-state index contributed by atoms with van der Waals surface area (Å²) in [5.74, 6) is 0.394. The second-order valence-electron chi connectivity index (χ2n) is 4.85. The van der Waals surface area contributed by atoms with Crippen molar-refractivity contribution < 1.29 is 0 Å². The zero-order chi connectivity index (χ0) is 13.1. The molecule has 0 aliphatic carbocycles. The van der Waals surface area contributed by atoms with Gasteiger partial charge >= 0.3 is 0 Å². The van der Waals surface area contributed by atoms with Gasteiger partial charge in [-0.25, -0.2) is 0 Å². The van der Waals surface area contributed by atoms with Crippen molar-refractivity contribution in [3.05, 3.63) is 71.9 Å². The van der Waals surface area contributed by atoms with Crippen LogP contribution in [-0.2, 0) is 0 Å². The molecule has 0 aliphatic heterocycles. The number of benzene rings is 2. The second kappa shape index (κ2) is 5.29. The summed E-state index contributed by atoms with van der Waals surface area (Å²) in [6.45, 7) is 0.944. The molecule has 0 amide bonds. The van der Waals surface area contributed by atoms with Crippen LogP contribution in [0, 0.1) is 0 Å². The van der Waals surface area contributed by atoms with Crippen LogP contribution in [-0.4, -0.2) is 18.6 Å². The topological polar surface area (TPSA) is 27.8 Å². The first-order valence-corrected chi connectivity index (χ1v) is 6.65. The Hall–Kier alpha value is -2.06. The van der Waals surface area contributed by atoms with E-state index in [-0.39, 0.29) is 0 Å². The number of likely N-dealkylation sites (N-methyl/N-ethyl adjacent to an activating group) is 1. The molecule has 2 aromatic carbocycles. The lowest BCUT2D eigenvalue weighted by Gasteiger charge is -2.17. The van der Waals surface area contributed by atoms with E-state index in [1.807, 2.05) is 13.2 Å². The lowest BCUT2D eigenvalue weighted by molar-refractivity contribution is 0.709. The molecule has 0 radical (unpaired) electrons. The molecule has 3 rings (SSSR count). The van der Waals surface area contributed by atoms with E-state index in [0.717, 1.165) is 6.54 Å². The van der Waals surface area contributed by atoms with Crippen molar-refractivity contribution in [3.63, 3.8) is 0 Å². The fourth-order valence-corrected chi connectivity index (χ4v) is 2.61. The number of hydrogen-bond donors (Lipinski definition) is 2. The summed E-state index contributed by atoms with van der Waals surface area (Å²) in [6, 6.07) is 19.5. The van der Waals surface area contributed by atoms with E-state index < -0.39 is 0 Å². The van der Waals surface area contributed by atoms with Crippen molar-refractivity contribution in [2.24, 2.45) is 0 Å². The van der Waals surface area contributed by atoms with Gasteiger partial charge in [0, 0.05) is 24.2 Å². The van der Waals surface area contributed by atoms with Gasteiger partial charge in [0.05, 0.1) is 0 Å². The molecule has 1 atom stereocenters. The molecule has 0 saturated carbocycles. The van der Waals surface area contributed by atoms with Gasteiger partial charge in [-0.3, -0.25) is 0 Å². The summed E-state index contributed by atoms with van der Waals surface area (Å²) < 4.78 is 0. The van der Waals surface area contributed by atoms with Crippen LogP contribution in [0.15, 0.2) is 60.8 Å². The summed E-state index contributed by atoms with van der Waals surface area (Å²) in [7, 11) is 2.00. The Labute approximate surface area is 113 Å². The molecule has 96 valence electrons. The summed E-state index contributed by atoms with van der Waals surface area (Å²) in [5.41, 5.74) is 3.90. The lowest BCUT2D eigenvalue weighted by Crippen LogP contribution is -2.18. The molecule has 0 saturated heterocycles. The summed E-state index contributed by atoms with van der Waals surface area (Å²) in [6.07, 6.45) is 1.99. The molecule has 0 bridgehead atoms. The Balaban J connectivity index is 2.03. The summed E-state index contributed by atoms with van der Waals surface area (Å²) in [4.78, 5) is 3.24. The molecular weight excluding hydrogens is 232 g/mol. The normalized spacial score (nSPS) is 12.7. The number of fused-ring (bicyclic) bond motifs is 1. The molecule has 19 heavy (non-hydrogen) atoms. The van der Waals surface area contributed by atoms with Crippen molar-refractivity contribution in [1.29, 1.82) is 0 Å². The standard InChI is InChI=1S/C17H18N2/c1-18-12-16(13-5-3-2-4-6-13)14-7-8-17-15(11-14)9-10-19-17/h2-11,16,18-19H,12H2,1H3/t16-/m0/s1. The Kier molecular flexibility index (Phi) is 3.34. The number of aromatic amines is 1. The first-order chi connectivity index (χ1) is 9.38. The highest BCUT2D eigenvalue weighted by Gasteiger charge is 2.13. The highest BCUT2D eigenvalue weighted by atomic mass is 14.8. The number of aromatic nitrogens is 1. The van der Waals surface area contributed by atoms with E-state index in [9.17, 15) is 0 Å². The zero-order valence-corrected chi connectivity index (χ0v) is 11.1. The van der Waals surface area contributed by atoms with Crippen molar-refractivity contribution in [2.75, 3.05) is 13.6 Å². The maximum absolute atomic E-state index is 3.30. The highest BCUT2D eigenvalue weighted by molar-refractivity contribution is 5.80. The molecule has 3 aromatic rings. The van der Waals surface area contributed by atoms with Crippen LogP contribution in [0.4, 0.5) is 0 Å². The minimum absolute atomic E-state index is 0.394. The predicted octanol–water partition coefficient (Wildman–Crippen LogP) is 3.52. The van der Waals surface area contributed by atoms with Gasteiger partial charge < -0.3 is 10.3 Å². The van der Waals surface area contributed by atoms with Crippen LogP contribution in [0.3, 0.4) is 0 Å². The van der Waals surface area contributed by atoms with Crippen LogP contribution in [0.5, 0.6) is 0 Å². The first-order valence-electron chi connectivity index (χ1n) is 6.65. The number of rotatable bonds is 4. The van der Waals surface area contributed by atoms with Gasteiger partial charge in [0.25, 0.3) is 0 Å². The third-order valence-electron chi connectivity index (χ3n) is 3.59. The fraction of sp³-hybridized carbons (Fsp3) is 0.176. The molecule has 1 heterocycles. The van der Waals surface area contributed by atoms with E-state index in [1.54, 1.807) is 0 Å².